The van der Waals surface area contributed by atoms with E-state index in [1.165, 1.54) is 0 Å². The number of rotatable bonds is 3. The molecule has 20 heavy (non-hydrogen) atoms. The highest BCUT2D eigenvalue weighted by Gasteiger charge is 2.44. The second-order valence-corrected chi connectivity index (χ2v) is 5.01. The molecule has 0 aliphatic carbocycles. The van der Waals surface area contributed by atoms with Gasteiger partial charge in [-0.1, -0.05) is 12.1 Å². The first kappa shape index (κ1) is 15.2. The Morgan fingerprint density at radius 2 is 1.80 bits per heavy atom. The summed E-state index contributed by atoms with van der Waals surface area (Å²) in [7, 11) is 0. The summed E-state index contributed by atoms with van der Waals surface area (Å²) < 4.78 is 10.9. The van der Waals surface area contributed by atoms with E-state index < -0.39 is 37.3 Å². The Balaban J connectivity index is 2.17. The van der Waals surface area contributed by atoms with Crippen LogP contribution in [0.1, 0.15) is 11.1 Å². The van der Waals surface area contributed by atoms with Gasteiger partial charge in [0.1, 0.15) is 30.2 Å². The molecule has 0 radical (unpaired) electrons. The zero-order chi connectivity index (χ0) is 14.9. The van der Waals surface area contributed by atoms with Crippen LogP contribution in [0.3, 0.4) is 0 Å². The third-order valence-electron chi connectivity index (χ3n) is 3.65. The standard InChI is InChI=1S/C14H20O6/c1-7-4-3-5-9(8(7)2)19-14-13(18)12(17)11(16)10(6-15)20-14/h3-5,10-18H,6H2,1-2H3. The van der Waals surface area contributed by atoms with Crippen LogP contribution in [-0.4, -0.2) is 57.7 Å². The molecule has 0 aromatic heterocycles. The van der Waals surface area contributed by atoms with Crippen molar-refractivity contribution in [1.82, 2.24) is 0 Å². The molecule has 0 amide bonds. The van der Waals surface area contributed by atoms with E-state index in [2.05, 4.69) is 0 Å². The number of hydrogen-bond donors (Lipinski definition) is 4. The molecule has 0 bridgehead atoms. The number of aliphatic hydroxyl groups is 4. The molecular weight excluding hydrogens is 264 g/mol. The van der Waals surface area contributed by atoms with Crippen LogP contribution in [0.2, 0.25) is 0 Å². The summed E-state index contributed by atoms with van der Waals surface area (Å²) in [5.74, 6) is 0.523. The van der Waals surface area contributed by atoms with Gasteiger partial charge >= 0.3 is 0 Å². The number of aliphatic hydroxyl groups excluding tert-OH is 4. The van der Waals surface area contributed by atoms with E-state index in [0.29, 0.717) is 5.75 Å². The van der Waals surface area contributed by atoms with Crippen molar-refractivity contribution in [2.24, 2.45) is 0 Å². The van der Waals surface area contributed by atoms with Crippen molar-refractivity contribution in [2.45, 2.75) is 44.6 Å². The second kappa shape index (κ2) is 6.07. The molecule has 6 heteroatoms. The summed E-state index contributed by atoms with van der Waals surface area (Å²) in [6, 6.07) is 5.46. The fraction of sp³-hybridized carbons (Fsp3) is 0.571. The van der Waals surface area contributed by atoms with E-state index in [4.69, 9.17) is 14.6 Å². The van der Waals surface area contributed by atoms with Gasteiger partial charge in [-0.3, -0.25) is 0 Å². The third-order valence-corrected chi connectivity index (χ3v) is 3.65. The molecule has 1 aliphatic heterocycles. The van der Waals surface area contributed by atoms with Crippen molar-refractivity contribution < 1.29 is 29.9 Å². The topological polar surface area (TPSA) is 99.4 Å². The summed E-state index contributed by atoms with van der Waals surface area (Å²) in [6.45, 7) is 3.32. The molecule has 1 aromatic carbocycles. The first-order valence-electron chi connectivity index (χ1n) is 6.49. The highest BCUT2D eigenvalue weighted by atomic mass is 16.7. The SMILES string of the molecule is Cc1cccc(OC2OC(CO)C(O)C(O)C2O)c1C. The first-order chi connectivity index (χ1) is 9.45. The lowest BCUT2D eigenvalue weighted by atomic mass is 9.99. The average molecular weight is 284 g/mol. The molecule has 0 saturated carbocycles. The van der Waals surface area contributed by atoms with Gasteiger partial charge in [-0.25, -0.2) is 0 Å². The van der Waals surface area contributed by atoms with E-state index >= 15 is 0 Å². The van der Waals surface area contributed by atoms with Gasteiger partial charge < -0.3 is 29.9 Å². The number of aryl methyl sites for hydroxylation is 1. The van der Waals surface area contributed by atoms with Crippen LogP contribution in [0, 0.1) is 13.8 Å². The molecule has 112 valence electrons. The lowest BCUT2D eigenvalue weighted by molar-refractivity contribution is -0.277. The Hall–Kier alpha value is -1.18. The Labute approximate surface area is 117 Å². The summed E-state index contributed by atoms with van der Waals surface area (Å²) in [5, 5.41) is 38.4. The van der Waals surface area contributed by atoms with Gasteiger partial charge in [0.15, 0.2) is 0 Å². The molecule has 2 rings (SSSR count). The van der Waals surface area contributed by atoms with Crippen molar-refractivity contribution >= 4 is 0 Å². The van der Waals surface area contributed by atoms with Gasteiger partial charge in [0.25, 0.3) is 0 Å². The Kier molecular flexibility index (Phi) is 4.62. The zero-order valence-corrected chi connectivity index (χ0v) is 11.4. The second-order valence-electron chi connectivity index (χ2n) is 5.01. The maximum absolute atomic E-state index is 9.90. The number of benzene rings is 1. The Morgan fingerprint density at radius 1 is 1.10 bits per heavy atom. The van der Waals surface area contributed by atoms with Crippen molar-refractivity contribution in [2.75, 3.05) is 6.61 Å². The van der Waals surface area contributed by atoms with Gasteiger partial charge in [-0.2, -0.15) is 0 Å². The normalized spacial score (nSPS) is 34.0. The minimum Gasteiger partial charge on any atom is -0.462 e. The van der Waals surface area contributed by atoms with Crippen LogP contribution < -0.4 is 4.74 Å². The van der Waals surface area contributed by atoms with Crippen LogP contribution in [0.5, 0.6) is 5.75 Å². The van der Waals surface area contributed by atoms with Crippen molar-refractivity contribution in [3.05, 3.63) is 29.3 Å². The van der Waals surface area contributed by atoms with E-state index in [-0.39, 0.29) is 0 Å². The molecule has 1 heterocycles. The summed E-state index contributed by atoms with van der Waals surface area (Å²) in [6.07, 6.45) is -6.33. The van der Waals surface area contributed by atoms with Crippen LogP contribution in [-0.2, 0) is 4.74 Å². The summed E-state index contributed by atoms with van der Waals surface area (Å²) >= 11 is 0. The lowest BCUT2D eigenvalue weighted by Gasteiger charge is -2.39. The maximum atomic E-state index is 9.90. The van der Waals surface area contributed by atoms with E-state index in [1.807, 2.05) is 26.0 Å². The molecule has 1 saturated heterocycles. The molecule has 5 atom stereocenters. The minimum atomic E-state index is -1.43. The van der Waals surface area contributed by atoms with Crippen LogP contribution >= 0.6 is 0 Å². The largest absolute Gasteiger partial charge is 0.462 e. The van der Waals surface area contributed by atoms with E-state index in [0.717, 1.165) is 11.1 Å². The Morgan fingerprint density at radius 3 is 2.45 bits per heavy atom. The smallest absolute Gasteiger partial charge is 0.229 e. The fourth-order valence-electron chi connectivity index (χ4n) is 2.14. The molecule has 6 nitrogen and oxygen atoms in total. The highest BCUT2D eigenvalue weighted by molar-refractivity contribution is 5.38. The lowest BCUT2D eigenvalue weighted by Crippen LogP contribution is -2.60. The summed E-state index contributed by atoms with van der Waals surface area (Å²) in [5.41, 5.74) is 1.91. The van der Waals surface area contributed by atoms with Gasteiger partial charge in [0.05, 0.1) is 6.61 Å². The molecule has 1 aliphatic rings. The van der Waals surface area contributed by atoms with Crippen molar-refractivity contribution in [3.8, 4) is 5.75 Å². The van der Waals surface area contributed by atoms with Crippen molar-refractivity contribution in [3.63, 3.8) is 0 Å². The highest BCUT2D eigenvalue weighted by Crippen LogP contribution is 2.27. The Bertz CT molecular complexity index is 461. The van der Waals surface area contributed by atoms with Gasteiger partial charge in [-0.05, 0) is 31.0 Å². The predicted molar refractivity (Wildman–Crippen MR) is 70.3 cm³/mol. The quantitative estimate of drug-likeness (QED) is 0.596. The summed E-state index contributed by atoms with van der Waals surface area (Å²) in [4.78, 5) is 0. The monoisotopic (exact) mass is 284 g/mol. The molecular formula is C14H20O6. The van der Waals surface area contributed by atoms with E-state index in [9.17, 15) is 15.3 Å². The maximum Gasteiger partial charge on any atom is 0.229 e. The molecule has 4 N–H and O–H groups in total. The third kappa shape index (κ3) is 2.79. The minimum absolute atomic E-state index is 0.475. The van der Waals surface area contributed by atoms with E-state index in [1.54, 1.807) is 6.07 Å². The van der Waals surface area contributed by atoms with Gasteiger partial charge in [-0.15, -0.1) is 0 Å². The predicted octanol–water partition coefficient (Wildman–Crippen LogP) is -0.518. The van der Waals surface area contributed by atoms with Crippen molar-refractivity contribution in [1.29, 1.82) is 0 Å². The van der Waals surface area contributed by atoms with Crippen LogP contribution in [0.25, 0.3) is 0 Å². The molecule has 1 fully saturated rings. The van der Waals surface area contributed by atoms with Gasteiger partial charge in [0.2, 0.25) is 6.29 Å². The van der Waals surface area contributed by atoms with Crippen LogP contribution in [0.15, 0.2) is 18.2 Å². The average Bonchev–Trinajstić information content (AvgIpc) is 2.44. The zero-order valence-electron chi connectivity index (χ0n) is 11.4. The number of hydrogen-bond acceptors (Lipinski definition) is 6. The molecule has 0 spiro atoms. The molecule has 1 aromatic rings. The van der Waals surface area contributed by atoms with Gasteiger partial charge in [0, 0.05) is 0 Å². The number of ether oxygens (including phenoxy) is 2. The van der Waals surface area contributed by atoms with Crippen LogP contribution in [0.4, 0.5) is 0 Å². The first-order valence-corrected chi connectivity index (χ1v) is 6.49. The molecule has 5 unspecified atom stereocenters. The fourth-order valence-corrected chi connectivity index (χ4v) is 2.14.